The fourth-order valence-corrected chi connectivity index (χ4v) is 2.29. The molecule has 3 aromatic rings. The van der Waals surface area contributed by atoms with Crippen molar-refractivity contribution in [3.05, 3.63) is 78.4 Å². The average Bonchev–Trinajstić information content (AvgIpc) is 3.14. The van der Waals surface area contributed by atoms with E-state index in [2.05, 4.69) is 4.98 Å². The van der Waals surface area contributed by atoms with Gasteiger partial charge in [0.2, 0.25) is 0 Å². The number of allylic oxidation sites excluding steroid dienone is 1. The number of rotatable bonds is 5. The first-order valence-electron chi connectivity index (χ1n) is 7.35. The van der Waals surface area contributed by atoms with Gasteiger partial charge in [-0.1, -0.05) is 12.1 Å². The zero-order valence-corrected chi connectivity index (χ0v) is 13.1. The van der Waals surface area contributed by atoms with E-state index in [0.29, 0.717) is 11.3 Å². The van der Waals surface area contributed by atoms with Crippen LogP contribution < -0.4 is 4.74 Å². The summed E-state index contributed by atoms with van der Waals surface area (Å²) < 4.78 is 6.85. The molecule has 0 radical (unpaired) electrons. The third kappa shape index (κ3) is 3.35. The molecule has 1 N–H and O–H groups in total. The summed E-state index contributed by atoms with van der Waals surface area (Å²) in [6.45, 7) is 0. The van der Waals surface area contributed by atoms with Crippen molar-refractivity contribution in [3.63, 3.8) is 0 Å². The van der Waals surface area contributed by atoms with Crippen LogP contribution in [0.25, 0.3) is 11.8 Å². The van der Waals surface area contributed by atoms with Gasteiger partial charge in [0.25, 0.3) is 0 Å². The van der Waals surface area contributed by atoms with E-state index >= 15 is 0 Å². The van der Waals surface area contributed by atoms with Crippen LogP contribution in [-0.2, 0) is 0 Å². The third-order valence-corrected chi connectivity index (χ3v) is 3.58. The molecule has 24 heavy (non-hydrogen) atoms. The lowest BCUT2D eigenvalue weighted by Crippen LogP contribution is -1.96. The Morgan fingerprint density at radius 3 is 2.62 bits per heavy atom. The lowest BCUT2D eigenvalue weighted by molar-refractivity contribution is 0.104. The lowest BCUT2D eigenvalue weighted by Gasteiger charge is -2.04. The van der Waals surface area contributed by atoms with Crippen LogP contribution in [0.2, 0.25) is 0 Å². The SMILES string of the molecule is COc1ccc(/C=C\C(=O)c2ccc(-n3ccnc3)cc2)cc1O. The minimum Gasteiger partial charge on any atom is -0.504 e. The molecule has 0 saturated heterocycles. The van der Waals surface area contributed by atoms with Crippen LogP contribution in [0.5, 0.6) is 11.5 Å². The molecule has 0 aliphatic carbocycles. The normalized spacial score (nSPS) is 10.9. The fourth-order valence-electron chi connectivity index (χ4n) is 2.29. The molecule has 1 heterocycles. The van der Waals surface area contributed by atoms with Crippen LogP contribution in [-0.4, -0.2) is 27.6 Å². The smallest absolute Gasteiger partial charge is 0.185 e. The molecule has 0 spiro atoms. The Morgan fingerprint density at radius 1 is 1.21 bits per heavy atom. The van der Waals surface area contributed by atoms with Crippen molar-refractivity contribution in [1.82, 2.24) is 9.55 Å². The number of carbonyl (C=O) groups excluding carboxylic acids is 1. The number of ketones is 1. The van der Waals surface area contributed by atoms with Crippen LogP contribution in [0.1, 0.15) is 15.9 Å². The van der Waals surface area contributed by atoms with Gasteiger partial charge in [0.05, 0.1) is 13.4 Å². The number of carbonyl (C=O) groups is 1. The van der Waals surface area contributed by atoms with Gasteiger partial charge < -0.3 is 14.4 Å². The number of benzene rings is 2. The Morgan fingerprint density at radius 2 is 2.00 bits per heavy atom. The summed E-state index contributed by atoms with van der Waals surface area (Å²) >= 11 is 0. The topological polar surface area (TPSA) is 64.4 Å². The van der Waals surface area contributed by atoms with Crippen molar-refractivity contribution in [3.8, 4) is 17.2 Å². The lowest BCUT2D eigenvalue weighted by atomic mass is 10.1. The molecule has 0 saturated carbocycles. The summed E-state index contributed by atoms with van der Waals surface area (Å²) in [5.41, 5.74) is 2.25. The summed E-state index contributed by atoms with van der Waals surface area (Å²) in [4.78, 5) is 16.2. The molecule has 0 aliphatic heterocycles. The van der Waals surface area contributed by atoms with E-state index in [1.54, 1.807) is 48.9 Å². The second-order valence-electron chi connectivity index (χ2n) is 5.15. The fraction of sp³-hybridized carbons (Fsp3) is 0.0526. The number of imidazole rings is 1. The first kappa shape index (κ1) is 15.6. The molecule has 0 aliphatic rings. The van der Waals surface area contributed by atoms with E-state index in [-0.39, 0.29) is 11.5 Å². The van der Waals surface area contributed by atoms with Crippen molar-refractivity contribution in [2.24, 2.45) is 0 Å². The van der Waals surface area contributed by atoms with Gasteiger partial charge in [-0.15, -0.1) is 0 Å². The second kappa shape index (κ2) is 6.83. The molecule has 0 atom stereocenters. The maximum absolute atomic E-state index is 12.2. The average molecular weight is 320 g/mol. The monoisotopic (exact) mass is 320 g/mol. The Hall–Kier alpha value is -3.34. The molecule has 2 aromatic carbocycles. The number of phenols is 1. The summed E-state index contributed by atoms with van der Waals surface area (Å²) in [5.74, 6) is 0.327. The van der Waals surface area contributed by atoms with E-state index in [1.165, 1.54) is 13.2 Å². The standard InChI is InChI=1S/C19H16N2O3/c1-24-19-9-3-14(12-18(19)23)2-8-17(22)15-4-6-16(7-5-15)21-11-10-20-13-21/h2-13,23H,1H3/b8-2-. The number of aromatic hydroxyl groups is 1. The van der Waals surface area contributed by atoms with Gasteiger partial charge >= 0.3 is 0 Å². The van der Waals surface area contributed by atoms with E-state index < -0.39 is 0 Å². The number of hydrogen-bond donors (Lipinski definition) is 1. The van der Waals surface area contributed by atoms with Gasteiger partial charge in [-0.05, 0) is 48.0 Å². The molecule has 5 nitrogen and oxygen atoms in total. The maximum atomic E-state index is 12.2. The zero-order chi connectivity index (χ0) is 16.9. The third-order valence-electron chi connectivity index (χ3n) is 3.58. The molecule has 5 heteroatoms. The molecular formula is C19H16N2O3. The number of aromatic nitrogens is 2. The number of nitrogens with zero attached hydrogens (tertiary/aromatic N) is 2. The van der Waals surface area contributed by atoms with Crippen molar-refractivity contribution in [2.75, 3.05) is 7.11 Å². The highest BCUT2D eigenvalue weighted by molar-refractivity contribution is 6.06. The van der Waals surface area contributed by atoms with E-state index in [4.69, 9.17) is 4.74 Å². The predicted octanol–water partition coefficient (Wildman–Crippen LogP) is 3.48. The molecule has 0 fully saturated rings. The van der Waals surface area contributed by atoms with E-state index in [0.717, 1.165) is 11.3 Å². The molecule has 0 unspecified atom stereocenters. The van der Waals surface area contributed by atoms with Gasteiger partial charge in [-0.2, -0.15) is 0 Å². The molecule has 3 rings (SSSR count). The van der Waals surface area contributed by atoms with Crippen LogP contribution in [0.15, 0.2) is 67.3 Å². The van der Waals surface area contributed by atoms with E-state index in [1.807, 2.05) is 22.9 Å². The highest BCUT2D eigenvalue weighted by Gasteiger charge is 2.04. The summed E-state index contributed by atoms with van der Waals surface area (Å²) in [6.07, 6.45) is 8.38. The van der Waals surface area contributed by atoms with Crippen LogP contribution in [0.3, 0.4) is 0 Å². The Kier molecular flexibility index (Phi) is 4.43. The van der Waals surface area contributed by atoms with Crippen molar-refractivity contribution < 1.29 is 14.6 Å². The van der Waals surface area contributed by atoms with Crippen molar-refractivity contribution in [2.45, 2.75) is 0 Å². The Bertz CT molecular complexity index is 866. The molecule has 0 bridgehead atoms. The number of ether oxygens (including phenoxy) is 1. The summed E-state index contributed by atoms with van der Waals surface area (Å²) in [7, 11) is 1.49. The maximum Gasteiger partial charge on any atom is 0.185 e. The zero-order valence-electron chi connectivity index (χ0n) is 13.1. The van der Waals surface area contributed by atoms with Gasteiger partial charge in [0.1, 0.15) is 0 Å². The quantitative estimate of drug-likeness (QED) is 0.577. The number of phenolic OH excluding ortho intramolecular Hbond substituents is 1. The van der Waals surface area contributed by atoms with Gasteiger partial charge in [0.15, 0.2) is 17.3 Å². The van der Waals surface area contributed by atoms with Crippen molar-refractivity contribution in [1.29, 1.82) is 0 Å². The molecule has 0 amide bonds. The number of methoxy groups -OCH3 is 1. The van der Waals surface area contributed by atoms with Gasteiger partial charge in [-0.25, -0.2) is 4.98 Å². The molecule has 120 valence electrons. The molecular weight excluding hydrogens is 304 g/mol. The predicted molar refractivity (Wildman–Crippen MR) is 91.6 cm³/mol. The van der Waals surface area contributed by atoms with Gasteiger partial charge in [-0.3, -0.25) is 4.79 Å². The minimum atomic E-state index is -0.109. The first-order chi connectivity index (χ1) is 11.7. The Labute approximate surface area is 139 Å². The second-order valence-corrected chi connectivity index (χ2v) is 5.15. The number of hydrogen-bond acceptors (Lipinski definition) is 4. The first-order valence-corrected chi connectivity index (χ1v) is 7.35. The minimum absolute atomic E-state index is 0.0387. The van der Waals surface area contributed by atoms with Crippen LogP contribution in [0, 0.1) is 0 Å². The summed E-state index contributed by atoms with van der Waals surface area (Å²) in [5, 5.41) is 9.74. The van der Waals surface area contributed by atoms with Crippen LogP contribution in [0.4, 0.5) is 0 Å². The van der Waals surface area contributed by atoms with Crippen molar-refractivity contribution >= 4 is 11.9 Å². The summed E-state index contributed by atoms with van der Waals surface area (Å²) in [6, 6.07) is 12.2. The van der Waals surface area contributed by atoms with Crippen LogP contribution >= 0.6 is 0 Å². The highest BCUT2D eigenvalue weighted by Crippen LogP contribution is 2.26. The van der Waals surface area contributed by atoms with Gasteiger partial charge in [0, 0.05) is 23.6 Å². The largest absolute Gasteiger partial charge is 0.504 e. The highest BCUT2D eigenvalue weighted by atomic mass is 16.5. The Balaban J connectivity index is 1.73. The van der Waals surface area contributed by atoms with E-state index in [9.17, 15) is 9.90 Å². The molecule has 1 aromatic heterocycles.